The molecule has 0 aromatic heterocycles. The fraction of sp³-hybridized carbons (Fsp3) is 0.192. The molecule has 1 heteroatoms. The summed E-state index contributed by atoms with van der Waals surface area (Å²) in [4.78, 5) is 0. The molecule has 0 saturated carbocycles. The van der Waals surface area contributed by atoms with Gasteiger partial charge in [-0.05, 0) is 16.7 Å². The van der Waals surface area contributed by atoms with Crippen LogP contribution in [0.3, 0.4) is 0 Å². The van der Waals surface area contributed by atoms with E-state index in [9.17, 15) is 0 Å². The number of hydrogen-bond donors (Lipinski definition) is 0. The van der Waals surface area contributed by atoms with Crippen molar-refractivity contribution in [1.82, 2.24) is 0 Å². The smallest absolute Gasteiger partial charge is 0.120 e. The molecule has 0 N–H and O–H groups in total. The van der Waals surface area contributed by atoms with Gasteiger partial charge in [0.2, 0.25) is 0 Å². The van der Waals surface area contributed by atoms with Crippen LogP contribution < -0.4 is 18.9 Å². The van der Waals surface area contributed by atoms with Crippen LogP contribution in [0, 0.1) is 11.8 Å². The second-order valence-electron chi connectivity index (χ2n) is 7.25. The zero-order chi connectivity index (χ0) is 17.9. The first-order valence-electron chi connectivity index (χ1n) is 9.60. The molecule has 27 heavy (non-hydrogen) atoms. The SMILES string of the molecule is CCC(C)C[C-](c1ccccc1)c1cc2ccccc2c2ccccc12.[Li+]. The van der Waals surface area contributed by atoms with Crippen LogP contribution in [0.1, 0.15) is 37.8 Å². The molecule has 0 bridgehead atoms. The third-order valence-electron chi connectivity index (χ3n) is 5.46. The Hall–Kier alpha value is -2.13. The second kappa shape index (κ2) is 8.70. The van der Waals surface area contributed by atoms with Gasteiger partial charge >= 0.3 is 18.9 Å². The Morgan fingerprint density at radius 3 is 2.04 bits per heavy atom. The van der Waals surface area contributed by atoms with Crippen molar-refractivity contribution in [3.8, 4) is 0 Å². The van der Waals surface area contributed by atoms with Crippen LogP contribution in [-0.4, -0.2) is 0 Å². The first-order chi connectivity index (χ1) is 12.8. The van der Waals surface area contributed by atoms with Crippen LogP contribution in [0.25, 0.3) is 21.5 Å². The van der Waals surface area contributed by atoms with E-state index in [2.05, 4.69) is 98.8 Å². The summed E-state index contributed by atoms with van der Waals surface area (Å²) >= 11 is 0. The van der Waals surface area contributed by atoms with E-state index in [0.29, 0.717) is 5.92 Å². The summed E-state index contributed by atoms with van der Waals surface area (Å²) in [6, 6.07) is 30.9. The Bertz CT molecular complexity index is 1020. The van der Waals surface area contributed by atoms with Gasteiger partial charge in [0.05, 0.1) is 0 Å². The van der Waals surface area contributed by atoms with Crippen LogP contribution in [0.15, 0.2) is 84.9 Å². The van der Waals surface area contributed by atoms with Gasteiger partial charge in [0.25, 0.3) is 0 Å². The molecule has 0 amide bonds. The van der Waals surface area contributed by atoms with E-state index in [4.69, 9.17) is 0 Å². The minimum absolute atomic E-state index is 0. The number of fused-ring (bicyclic) bond motifs is 3. The van der Waals surface area contributed by atoms with Gasteiger partial charge in [0.15, 0.2) is 0 Å². The fourth-order valence-corrected chi connectivity index (χ4v) is 3.82. The molecule has 1 unspecified atom stereocenters. The number of rotatable bonds is 5. The predicted octanol–water partition coefficient (Wildman–Crippen LogP) is 4.40. The molecule has 0 spiro atoms. The summed E-state index contributed by atoms with van der Waals surface area (Å²) in [5.41, 5.74) is 2.72. The molecule has 4 rings (SSSR count). The maximum Gasteiger partial charge on any atom is 1.00 e. The Balaban J connectivity index is 0.00000210. The van der Waals surface area contributed by atoms with Crippen molar-refractivity contribution < 1.29 is 18.9 Å². The second-order valence-corrected chi connectivity index (χ2v) is 7.25. The van der Waals surface area contributed by atoms with Gasteiger partial charge in [0.1, 0.15) is 0 Å². The zero-order valence-electron chi connectivity index (χ0n) is 16.6. The third-order valence-corrected chi connectivity index (χ3v) is 5.46. The van der Waals surface area contributed by atoms with Crippen molar-refractivity contribution in [3.63, 3.8) is 0 Å². The molecule has 0 heterocycles. The van der Waals surface area contributed by atoms with E-state index in [-0.39, 0.29) is 18.9 Å². The largest absolute Gasteiger partial charge is 1.00 e. The van der Waals surface area contributed by atoms with Gasteiger partial charge in [0, 0.05) is 0 Å². The van der Waals surface area contributed by atoms with Gasteiger partial charge < -0.3 is 0 Å². The molecule has 4 aromatic carbocycles. The molecular weight excluding hydrogens is 319 g/mol. The monoisotopic (exact) mass is 344 g/mol. The van der Waals surface area contributed by atoms with Crippen LogP contribution in [-0.2, 0) is 0 Å². The summed E-state index contributed by atoms with van der Waals surface area (Å²) < 4.78 is 0. The molecular formula is C26H25Li. The van der Waals surface area contributed by atoms with Crippen LogP contribution in [0.5, 0.6) is 0 Å². The van der Waals surface area contributed by atoms with Crippen LogP contribution in [0.4, 0.5) is 0 Å². The maximum absolute atomic E-state index is 2.39. The van der Waals surface area contributed by atoms with Crippen molar-refractivity contribution >= 4 is 21.5 Å². The molecule has 0 aliphatic rings. The van der Waals surface area contributed by atoms with E-state index < -0.39 is 0 Å². The topological polar surface area (TPSA) is 0 Å². The normalized spacial score (nSPS) is 11.9. The summed E-state index contributed by atoms with van der Waals surface area (Å²) in [7, 11) is 0. The maximum atomic E-state index is 2.39. The van der Waals surface area contributed by atoms with Crippen LogP contribution in [0.2, 0.25) is 0 Å². The van der Waals surface area contributed by atoms with Crippen molar-refractivity contribution in [2.75, 3.05) is 0 Å². The summed E-state index contributed by atoms with van der Waals surface area (Å²) in [6.07, 6.45) is 2.30. The first kappa shape index (κ1) is 19.6. The fourth-order valence-electron chi connectivity index (χ4n) is 3.82. The Kier molecular flexibility index (Phi) is 6.33. The number of benzene rings is 4. The quantitative estimate of drug-likeness (QED) is 0.286. The first-order valence-corrected chi connectivity index (χ1v) is 9.60. The molecule has 0 saturated heterocycles. The summed E-state index contributed by atoms with van der Waals surface area (Å²) in [5, 5.41) is 5.35. The van der Waals surface area contributed by atoms with Gasteiger partial charge in [-0.1, -0.05) is 104 Å². The van der Waals surface area contributed by atoms with E-state index >= 15 is 0 Å². The molecule has 0 aliphatic heterocycles. The van der Waals surface area contributed by atoms with Crippen LogP contribution >= 0.6 is 0 Å². The molecule has 0 fully saturated rings. The molecule has 0 radical (unpaired) electrons. The third kappa shape index (κ3) is 3.93. The van der Waals surface area contributed by atoms with Crippen molar-refractivity contribution in [2.24, 2.45) is 5.92 Å². The Labute approximate surface area is 174 Å². The average molecular weight is 344 g/mol. The van der Waals surface area contributed by atoms with E-state index in [1.165, 1.54) is 45.0 Å². The van der Waals surface area contributed by atoms with E-state index in [1.807, 2.05) is 0 Å². The van der Waals surface area contributed by atoms with E-state index in [1.54, 1.807) is 0 Å². The van der Waals surface area contributed by atoms with Gasteiger partial charge in [-0.25, -0.2) is 0 Å². The predicted molar refractivity (Wildman–Crippen MR) is 113 cm³/mol. The van der Waals surface area contributed by atoms with E-state index in [0.717, 1.165) is 6.42 Å². The van der Waals surface area contributed by atoms with Gasteiger partial charge in [-0.2, -0.15) is 0 Å². The van der Waals surface area contributed by atoms with Crippen molar-refractivity contribution in [2.45, 2.75) is 26.7 Å². The standard InChI is InChI=1S/C26H25.Li/c1-3-19(2)17-25(20-11-5-4-6-12-20)26-18-21-13-7-8-14-22(21)23-15-9-10-16-24(23)26;/h4-16,18-19H,3,17H2,1-2H3;/q-1;+1. The minimum atomic E-state index is 0. The van der Waals surface area contributed by atoms with Crippen molar-refractivity contribution in [3.05, 3.63) is 102 Å². The molecule has 130 valence electrons. The molecule has 1 atom stereocenters. The average Bonchev–Trinajstić information content (AvgIpc) is 2.72. The Morgan fingerprint density at radius 1 is 0.741 bits per heavy atom. The molecule has 0 nitrogen and oxygen atoms in total. The minimum Gasteiger partial charge on any atom is -0.120 e. The molecule has 0 aliphatic carbocycles. The number of hydrogen-bond acceptors (Lipinski definition) is 0. The van der Waals surface area contributed by atoms with Gasteiger partial charge in [-0.3, -0.25) is 0 Å². The van der Waals surface area contributed by atoms with Crippen molar-refractivity contribution in [1.29, 1.82) is 0 Å². The Morgan fingerprint density at radius 2 is 1.33 bits per heavy atom. The summed E-state index contributed by atoms with van der Waals surface area (Å²) in [5.74, 6) is 2.12. The summed E-state index contributed by atoms with van der Waals surface area (Å²) in [6.45, 7) is 4.64. The zero-order valence-corrected chi connectivity index (χ0v) is 16.6. The van der Waals surface area contributed by atoms with Gasteiger partial charge in [-0.15, -0.1) is 35.2 Å². The molecule has 4 aromatic rings.